The molecule has 0 atom stereocenters. The second-order valence-electron chi connectivity index (χ2n) is 3.59. The molecule has 0 spiro atoms. The van der Waals surface area contributed by atoms with Gasteiger partial charge in [-0.3, -0.25) is 4.79 Å². The zero-order valence-corrected chi connectivity index (χ0v) is 10.2. The van der Waals surface area contributed by atoms with E-state index in [1.807, 2.05) is 0 Å². The number of halogens is 1. The third kappa shape index (κ3) is 2.04. The molecule has 0 saturated heterocycles. The van der Waals surface area contributed by atoms with Crippen molar-refractivity contribution in [3.05, 3.63) is 39.1 Å². The van der Waals surface area contributed by atoms with Crippen molar-refractivity contribution in [2.45, 2.75) is 6.92 Å². The minimum atomic E-state index is -0.757. The van der Waals surface area contributed by atoms with Gasteiger partial charge in [-0.15, -0.1) is 0 Å². The van der Waals surface area contributed by atoms with Crippen LogP contribution in [0.4, 0.5) is 0 Å². The number of carbonyl (C=O) groups excluding carboxylic acids is 1. The number of aromatic amines is 1. The Labute approximate surface area is 107 Å². The molecule has 0 radical (unpaired) electrons. The summed E-state index contributed by atoms with van der Waals surface area (Å²) in [7, 11) is 0. The number of aromatic hydroxyl groups is 1. The first kappa shape index (κ1) is 12.4. The van der Waals surface area contributed by atoms with E-state index in [9.17, 15) is 14.7 Å². The monoisotopic (exact) mass is 267 g/mol. The van der Waals surface area contributed by atoms with Crippen molar-refractivity contribution in [1.82, 2.24) is 4.98 Å². The number of benzene rings is 1. The zero-order chi connectivity index (χ0) is 13.3. The molecule has 0 aliphatic rings. The fourth-order valence-corrected chi connectivity index (χ4v) is 1.84. The third-order valence-electron chi connectivity index (χ3n) is 2.43. The highest BCUT2D eigenvalue weighted by Crippen LogP contribution is 2.25. The van der Waals surface area contributed by atoms with Gasteiger partial charge in [0.25, 0.3) is 5.56 Å². The van der Waals surface area contributed by atoms with Crippen molar-refractivity contribution in [2.75, 3.05) is 6.61 Å². The summed E-state index contributed by atoms with van der Waals surface area (Å²) in [6.07, 6.45) is 0. The molecule has 2 N–H and O–H groups in total. The third-order valence-corrected chi connectivity index (χ3v) is 2.67. The Hall–Kier alpha value is -2.01. The van der Waals surface area contributed by atoms with Crippen molar-refractivity contribution in [3.8, 4) is 5.75 Å². The highest BCUT2D eigenvalue weighted by Gasteiger charge is 2.19. The average molecular weight is 268 g/mol. The van der Waals surface area contributed by atoms with Gasteiger partial charge in [-0.05, 0) is 19.1 Å². The second-order valence-corrected chi connectivity index (χ2v) is 4.02. The highest BCUT2D eigenvalue weighted by molar-refractivity contribution is 6.31. The molecule has 5 nitrogen and oxygen atoms in total. The lowest BCUT2D eigenvalue weighted by molar-refractivity contribution is 0.0525. The molecule has 0 amide bonds. The predicted octanol–water partition coefficient (Wildman–Crippen LogP) is 2.06. The molecule has 1 aromatic heterocycles. The maximum Gasteiger partial charge on any atom is 0.342 e. The van der Waals surface area contributed by atoms with Crippen LogP contribution < -0.4 is 5.56 Å². The van der Waals surface area contributed by atoms with E-state index in [2.05, 4.69) is 4.98 Å². The SMILES string of the molecule is CCOC(=O)c1c(O)c(=O)[nH]c2cc(Cl)ccc12. The molecule has 0 aliphatic heterocycles. The first-order valence-corrected chi connectivity index (χ1v) is 5.64. The quantitative estimate of drug-likeness (QED) is 0.817. The Kier molecular flexibility index (Phi) is 3.25. The number of aromatic nitrogens is 1. The first-order chi connectivity index (χ1) is 8.54. The minimum absolute atomic E-state index is 0.146. The summed E-state index contributed by atoms with van der Waals surface area (Å²) in [4.78, 5) is 25.7. The number of H-pyrrole nitrogens is 1. The Bertz CT molecular complexity index is 678. The van der Waals surface area contributed by atoms with Crippen LogP contribution >= 0.6 is 11.6 Å². The van der Waals surface area contributed by atoms with Crippen LogP contribution in [-0.2, 0) is 4.74 Å². The van der Waals surface area contributed by atoms with E-state index >= 15 is 0 Å². The number of ether oxygens (including phenoxy) is 1. The second kappa shape index (κ2) is 4.70. The van der Waals surface area contributed by atoms with Crippen LogP contribution in [0.3, 0.4) is 0 Å². The van der Waals surface area contributed by atoms with Crippen molar-refractivity contribution >= 4 is 28.5 Å². The Morgan fingerprint density at radius 3 is 2.89 bits per heavy atom. The molecule has 6 heteroatoms. The van der Waals surface area contributed by atoms with Crippen LogP contribution in [0.15, 0.2) is 23.0 Å². The summed E-state index contributed by atoms with van der Waals surface area (Å²) in [6.45, 7) is 1.79. The van der Waals surface area contributed by atoms with Gasteiger partial charge in [-0.25, -0.2) is 4.79 Å². The smallest absolute Gasteiger partial charge is 0.342 e. The van der Waals surface area contributed by atoms with Gasteiger partial charge in [-0.1, -0.05) is 17.7 Å². The lowest BCUT2D eigenvalue weighted by Gasteiger charge is -2.07. The molecular weight excluding hydrogens is 258 g/mol. The summed E-state index contributed by atoms with van der Waals surface area (Å²) in [5, 5.41) is 10.5. The van der Waals surface area contributed by atoms with Crippen LogP contribution in [0, 0.1) is 0 Å². The van der Waals surface area contributed by atoms with Gasteiger partial charge in [-0.2, -0.15) is 0 Å². The van der Waals surface area contributed by atoms with E-state index in [0.717, 1.165) is 0 Å². The van der Waals surface area contributed by atoms with E-state index in [-0.39, 0.29) is 12.2 Å². The summed E-state index contributed by atoms with van der Waals surface area (Å²) in [5.74, 6) is -1.39. The van der Waals surface area contributed by atoms with Crippen LogP contribution in [-0.4, -0.2) is 22.7 Å². The Morgan fingerprint density at radius 2 is 2.22 bits per heavy atom. The molecule has 0 bridgehead atoms. The number of hydrogen-bond donors (Lipinski definition) is 2. The molecule has 2 aromatic rings. The molecule has 2 rings (SSSR count). The van der Waals surface area contributed by atoms with Crippen molar-refractivity contribution < 1.29 is 14.6 Å². The van der Waals surface area contributed by atoms with Gasteiger partial charge in [0.05, 0.1) is 12.1 Å². The fraction of sp³-hybridized carbons (Fsp3) is 0.167. The topological polar surface area (TPSA) is 79.4 Å². The lowest BCUT2D eigenvalue weighted by atomic mass is 10.1. The van der Waals surface area contributed by atoms with Crippen molar-refractivity contribution in [2.24, 2.45) is 0 Å². The minimum Gasteiger partial charge on any atom is -0.502 e. The van der Waals surface area contributed by atoms with E-state index in [1.165, 1.54) is 6.07 Å². The average Bonchev–Trinajstić information content (AvgIpc) is 2.31. The summed E-state index contributed by atoms with van der Waals surface area (Å²) < 4.78 is 4.82. The number of rotatable bonds is 2. The van der Waals surface area contributed by atoms with Gasteiger partial charge in [0, 0.05) is 10.4 Å². The molecular formula is C12H10ClNO4. The number of hydrogen-bond acceptors (Lipinski definition) is 4. The summed E-state index contributed by atoms with van der Waals surface area (Å²) >= 11 is 5.80. The molecule has 18 heavy (non-hydrogen) atoms. The summed E-state index contributed by atoms with van der Waals surface area (Å²) in [6, 6.07) is 4.60. The molecule has 1 heterocycles. The Balaban J connectivity index is 2.80. The zero-order valence-electron chi connectivity index (χ0n) is 9.49. The van der Waals surface area contributed by atoms with Gasteiger partial charge in [0.2, 0.25) is 0 Å². The molecule has 1 aromatic carbocycles. The normalized spacial score (nSPS) is 10.6. The molecule has 0 aliphatic carbocycles. The highest BCUT2D eigenvalue weighted by atomic mass is 35.5. The number of fused-ring (bicyclic) bond motifs is 1. The van der Waals surface area contributed by atoms with Crippen LogP contribution in [0.5, 0.6) is 5.75 Å². The molecule has 0 fully saturated rings. The Morgan fingerprint density at radius 1 is 1.50 bits per heavy atom. The first-order valence-electron chi connectivity index (χ1n) is 5.26. The number of nitrogens with one attached hydrogen (secondary N) is 1. The van der Waals surface area contributed by atoms with Gasteiger partial charge < -0.3 is 14.8 Å². The maximum atomic E-state index is 11.7. The van der Waals surface area contributed by atoms with E-state index in [4.69, 9.17) is 16.3 Å². The van der Waals surface area contributed by atoms with Gasteiger partial charge in [0.1, 0.15) is 5.56 Å². The predicted molar refractivity (Wildman–Crippen MR) is 67.2 cm³/mol. The van der Waals surface area contributed by atoms with Crippen LogP contribution in [0.2, 0.25) is 5.02 Å². The van der Waals surface area contributed by atoms with E-state index in [0.29, 0.717) is 15.9 Å². The number of pyridine rings is 1. The van der Waals surface area contributed by atoms with Gasteiger partial charge >= 0.3 is 5.97 Å². The van der Waals surface area contributed by atoms with E-state index < -0.39 is 17.3 Å². The maximum absolute atomic E-state index is 11.7. The molecule has 0 unspecified atom stereocenters. The molecule has 94 valence electrons. The van der Waals surface area contributed by atoms with E-state index in [1.54, 1.807) is 19.1 Å². The summed E-state index contributed by atoms with van der Waals surface area (Å²) in [5.41, 5.74) is -0.534. The number of carbonyl (C=O) groups is 1. The van der Waals surface area contributed by atoms with Crippen LogP contribution in [0.25, 0.3) is 10.9 Å². The largest absolute Gasteiger partial charge is 0.502 e. The van der Waals surface area contributed by atoms with Crippen LogP contribution in [0.1, 0.15) is 17.3 Å². The fourth-order valence-electron chi connectivity index (χ4n) is 1.67. The van der Waals surface area contributed by atoms with Crippen molar-refractivity contribution in [3.63, 3.8) is 0 Å². The molecule has 0 saturated carbocycles. The lowest BCUT2D eigenvalue weighted by Crippen LogP contribution is -2.14. The van der Waals surface area contributed by atoms with Crippen molar-refractivity contribution in [1.29, 1.82) is 0 Å². The van der Waals surface area contributed by atoms with Gasteiger partial charge in [0.15, 0.2) is 5.75 Å². The standard InChI is InChI=1S/C12H10ClNO4/c1-2-18-12(17)9-7-4-3-6(13)5-8(7)14-11(16)10(9)15/h3-5,15H,2H2,1H3,(H,14,16). The number of esters is 1.